The molecule has 62 valence electrons. The third-order valence-corrected chi connectivity index (χ3v) is 1.40. The topological polar surface area (TPSA) is 24.4 Å². The van der Waals surface area contributed by atoms with E-state index < -0.39 is 0 Å². The highest BCUT2D eigenvalue weighted by molar-refractivity contribution is 5.35. The van der Waals surface area contributed by atoms with Gasteiger partial charge in [-0.15, -0.1) is 0 Å². The van der Waals surface area contributed by atoms with Crippen LogP contribution in [0.2, 0.25) is 0 Å². The fraction of sp³-hybridized carbons (Fsp3) is 0.444. The molecule has 0 amide bonds. The Balaban J connectivity index is 0.000000461. The molecule has 0 bridgehead atoms. The lowest BCUT2D eigenvalue weighted by Gasteiger charge is -1.93. The predicted octanol–water partition coefficient (Wildman–Crippen LogP) is 2.10. The molecule has 1 aliphatic rings. The van der Waals surface area contributed by atoms with Crippen molar-refractivity contribution in [2.24, 2.45) is 4.99 Å². The largest absolute Gasteiger partial charge is 0.370 e. The van der Waals surface area contributed by atoms with Gasteiger partial charge in [-0.25, -0.2) is 4.99 Å². The predicted molar refractivity (Wildman–Crippen MR) is 50.7 cm³/mol. The third-order valence-electron chi connectivity index (χ3n) is 1.40. The minimum Gasteiger partial charge on any atom is -0.370 e. The number of allylic oxidation sites excluding steroid dienone is 1. The Kier molecular flexibility index (Phi) is 5.17. The highest BCUT2D eigenvalue weighted by atomic mass is 15.0. The Labute approximate surface area is 68.7 Å². The zero-order valence-corrected chi connectivity index (χ0v) is 7.35. The van der Waals surface area contributed by atoms with Crippen LogP contribution in [-0.4, -0.2) is 13.3 Å². The number of nitrogens with one attached hydrogen (secondary N) is 1. The summed E-state index contributed by atoms with van der Waals surface area (Å²) >= 11 is 0. The first kappa shape index (κ1) is 9.95. The van der Waals surface area contributed by atoms with E-state index in [-0.39, 0.29) is 0 Å². The molecule has 1 N–H and O–H groups in total. The Bertz CT molecular complexity index is 150. The van der Waals surface area contributed by atoms with Crippen molar-refractivity contribution < 1.29 is 0 Å². The van der Waals surface area contributed by atoms with Gasteiger partial charge in [-0.2, -0.15) is 0 Å². The Morgan fingerprint density at radius 1 is 1.55 bits per heavy atom. The molecule has 2 nitrogen and oxygen atoms in total. The highest BCUT2D eigenvalue weighted by Gasteiger charge is 2.07. The van der Waals surface area contributed by atoms with E-state index >= 15 is 0 Å². The lowest BCUT2D eigenvalue weighted by molar-refractivity contribution is 0.866. The van der Waals surface area contributed by atoms with Crippen LogP contribution in [0.5, 0.6) is 0 Å². The second-order valence-electron chi connectivity index (χ2n) is 1.91. The summed E-state index contributed by atoms with van der Waals surface area (Å²) in [7, 11) is 0. The van der Waals surface area contributed by atoms with Gasteiger partial charge in [0.2, 0.25) is 0 Å². The van der Waals surface area contributed by atoms with E-state index in [1.54, 1.807) is 0 Å². The second-order valence-corrected chi connectivity index (χ2v) is 1.91. The summed E-state index contributed by atoms with van der Waals surface area (Å²) in [4.78, 5) is 3.79. The molecule has 2 heteroatoms. The van der Waals surface area contributed by atoms with Crippen molar-refractivity contribution >= 4 is 6.72 Å². The summed E-state index contributed by atoms with van der Waals surface area (Å²) in [6, 6.07) is 0. The molecule has 1 rings (SSSR count). The standard InChI is InChI=1S/C7H10N2.C2H6/c1-3-6-4-5-9-7(6)8-2;1-2/h3,9H,1-2,4-5H2;1-2H3. The highest BCUT2D eigenvalue weighted by Crippen LogP contribution is 2.13. The lowest BCUT2D eigenvalue weighted by Crippen LogP contribution is -2.04. The van der Waals surface area contributed by atoms with Crippen LogP contribution in [0.15, 0.2) is 29.0 Å². The van der Waals surface area contributed by atoms with Gasteiger partial charge in [0.25, 0.3) is 0 Å². The van der Waals surface area contributed by atoms with Crippen LogP contribution in [0.4, 0.5) is 0 Å². The Hall–Kier alpha value is -1.05. The number of aliphatic imine (C=N–C) groups is 1. The van der Waals surface area contributed by atoms with Crippen LogP contribution in [0.1, 0.15) is 20.3 Å². The molecule has 0 fully saturated rings. The van der Waals surface area contributed by atoms with Crippen molar-refractivity contribution in [3.8, 4) is 0 Å². The van der Waals surface area contributed by atoms with Gasteiger partial charge in [0, 0.05) is 6.54 Å². The molecule has 0 aliphatic carbocycles. The van der Waals surface area contributed by atoms with E-state index in [0.717, 1.165) is 18.8 Å². The van der Waals surface area contributed by atoms with E-state index in [1.165, 1.54) is 5.57 Å². The summed E-state index contributed by atoms with van der Waals surface area (Å²) in [5.41, 5.74) is 1.17. The van der Waals surface area contributed by atoms with Gasteiger partial charge in [-0.05, 0) is 18.7 Å². The Morgan fingerprint density at radius 2 is 2.18 bits per heavy atom. The van der Waals surface area contributed by atoms with Gasteiger partial charge in [-0.3, -0.25) is 0 Å². The number of hydrogen-bond acceptors (Lipinski definition) is 2. The van der Waals surface area contributed by atoms with E-state index in [4.69, 9.17) is 0 Å². The van der Waals surface area contributed by atoms with Gasteiger partial charge < -0.3 is 5.32 Å². The first-order valence-corrected chi connectivity index (χ1v) is 3.94. The average molecular weight is 152 g/mol. The van der Waals surface area contributed by atoms with Gasteiger partial charge in [0.05, 0.1) is 0 Å². The molecule has 1 aliphatic heterocycles. The molecule has 0 saturated carbocycles. The average Bonchev–Trinajstić information content (AvgIpc) is 2.54. The van der Waals surface area contributed by atoms with Crippen molar-refractivity contribution in [2.45, 2.75) is 20.3 Å². The minimum absolute atomic E-state index is 0.894. The van der Waals surface area contributed by atoms with Crippen molar-refractivity contribution in [3.63, 3.8) is 0 Å². The van der Waals surface area contributed by atoms with Crippen LogP contribution >= 0.6 is 0 Å². The fourth-order valence-electron chi connectivity index (χ4n) is 0.904. The van der Waals surface area contributed by atoms with Crippen LogP contribution in [0.3, 0.4) is 0 Å². The molecule has 0 radical (unpaired) electrons. The van der Waals surface area contributed by atoms with Crippen molar-refractivity contribution in [1.29, 1.82) is 0 Å². The smallest absolute Gasteiger partial charge is 0.128 e. The molecule has 0 spiro atoms. The van der Waals surface area contributed by atoms with Crippen LogP contribution in [0.25, 0.3) is 0 Å². The normalized spacial score (nSPS) is 14.7. The third kappa shape index (κ3) is 2.58. The van der Waals surface area contributed by atoms with Crippen molar-refractivity contribution in [2.75, 3.05) is 6.54 Å². The zero-order valence-electron chi connectivity index (χ0n) is 7.35. The minimum atomic E-state index is 0.894. The van der Waals surface area contributed by atoms with Crippen LogP contribution in [0, 0.1) is 0 Å². The monoisotopic (exact) mass is 152 g/mol. The summed E-state index contributed by atoms with van der Waals surface area (Å²) in [6.07, 6.45) is 2.85. The molecular formula is C9H16N2. The van der Waals surface area contributed by atoms with E-state index in [0.29, 0.717) is 0 Å². The summed E-state index contributed by atoms with van der Waals surface area (Å²) < 4.78 is 0. The zero-order chi connectivity index (χ0) is 8.69. The van der Waals surface area contributed by atoms with Gasteiger partial charge in [-0.1, -0.05) is 26.5 Å². The number of hydrogen-bond donors (Lipinski definition) is 1. The molecule has 0 aromatic carbocycles. The first-order chi connectivity index (χ1) is 5.38. The van der Waals surface area contributed by atoms with Crippen LogP contribution in [-0.2, 0) is 0 Å². The van der Waals surface area contributed by atoms with Gasteiger partial charge in [0.1, 0.15) is 5.82 Å². The molecule has 0 aromatic rings. The quantitative estimate of drug-likeness (QED) is 0.602. The maximum atomic E-state index is 3.79. The van der Waals surface area contributed by atoms with E-state index in [1.807, 2.05) is 19.9 Å². The SMILES string of the molecule is C=CC1=C(N=C)NCC1.CC. The van der Waals surface area contributed by atoms with E-state index in [2.05, 4.69) is 23.6 Å². The summed E-state index contributed by atoms with van der Waals surface area (Å²) in [5, 5.41) is 3.09. The van der Waals surface area contributed by atoms with Crippen LogP contribution < -0.4 is 5.32 Å². The number of nitrogens with zero attached hydrogens (tertiary/aromatic N) is 1. The van der Waals surface area contributed by atoms with Crippen molar-refractivity contribution in [3.05, 3.63) is 24.0 Å². The molecular weight excluding hydrogens is 136 g/mol. The summed E-state index contributed by atoms with van der Waals surface area (Å²) in [6.45, 7) is 12.0. The molecule has 0 unspecified atom stereocenters. The summed E-state index contributed by atoms with van der Waals surface area (Å²) in [5.74, 6) is 0.894. The van der Waals surface area contributed by atoms with Gasteiger partial charge >= 0.3 is 0 Å². The maximum absolute atomic E-state index is 3.79. The molecule has 0 saturated heterocycles. The van der Waals surface area contributed by atoms with Gasteiger partial charge in [0.15, 0.2) is 0 Å². The fourth-order valence-corrected chi connectivity index (χ4v) is 0.904. The lowest BCUT2D eigenvalue weighted by atomic mass is 10.2. The second kappa shape index (κ2) is 5.71. The molecule has 11 heavy (non-hydrogen) atoms. The maximum Gasteiger partial charge on any atom is 0.128 e. The molecule has 1 heterocycles. The van der Waals surface area contributed by atoms with E-state index in [9.17, 15) is 0 Å². The first-order valence-electron chi connectivity index (χ1n) is 3.94. The molecule has 0 atom stereocenters. The Morgan fingerprint density at radius 3 is 2.55 bits per heavy atom. The number of rotatable bonds is 2. The molecule has 0 aromatic heterocycles. The van der Waals surface area contributed by atoms with Crippen molar-refractivity contribution in [1.82, 2.24) is 5.32 Å².